The molecule has 1 aromatic carbocycles. The van der Waals surface area contributed by atoms with Crippen molar-refractivity contribution in [3.05, 3.63) is 64.9 Å². The zero-order valence-electron chi connectivity index (χ0n) is 12.4. The molecule has 0 aliphatic heterocycles. The molecule has 0 bridgehead atoms. The maximum absolute atomic E-state index is 12.1. The lowest BCUT2D eigenvalue weighted by Crippen LogP contribution is -2.27. The highest BCUT2D eigenvalue weighted by Gasteiger charge is 2.10. The molecule has 3 aromatic rings. The normalized spacial score (nSPS) is 10.5. The molecule has 2 heterocycles. The fourth-order valence-corrected chi connectivity index (χ4v) is 2.05. The summed E-state index contributed by atoms with van der Waals surface area (Å²) in [6.07, 6.45) is 2.79. The van der Waals surface area contributed by atoms with Gasteiger partial charge in [-0.25, -0.2) is 4.98 Å². The van der Waals surface area contributed by atoms with Crippen molar-refractivity contribution in [3.8, 4) is 11.3 Å². The van der Waals surface area contributed by atoms with Crippen molar-refractivity contribution in [2.75, 3.05) is 5.32 Å². The molecule has 7 heteroatoms. The molecule has 0 unspecified atom stereocenters. The maximum Gasteiger partial charge on any atom is 0.254 e. The monoisotopic (exact) mass is 310 g/mol. The first kappa shape index (κ1) is 14.7. The zero-order chi connectivity index (χ0) is 16.2. The van der Waals surface area contributed by atoms with Gasteiger partial charge in [0.25, 0.3) is 5.56 Å². The fraction of sp³-hybridized carbons (Fsp3) is 0.125. The van der Waals surface area contributed by atoms with Crippen molar-refractivity contribution in [1.29, 1.82) is 0 Å². The number of aryl methyl sites for hydroxylation is 1. The first-order valence-corrected chi connectivity index (χ1v) is 6.96. The molecular formula is C16H14N4O3. The van der Waals surface area contributed by atoms with Crippen LogP contribution in [-0.4, -0.2) is 20.6 Å². The van der Waals surface area contributed by atoms with Crippen molar-refractivity contribution >= 4 is 11.7 Å². The van der Waals surface area contributed by atoms with E-state index in [0.29, 0.717) is 17.1 Å². The van der Waals surface area contributed by atoms with E-state index in [1.54, 1.807) is 6.92 Å². The van der Waals surface area contributed by atoms with Crippen LogP contribution in [0.2, 0.25) is 0 Å². The van der Waals surface area contributed by atoms with Crippen LogP contribution in [0.3, 0.4) is 0 Å². The smallest absolute Gasteiger partial charge is 0.254 e. The van der Waals surface area contributed by atoms with Gasteiger partial charge in [-0.15, -0.1) is 0 Å². The zero-order valence-corrected chi connectivity index (χ0v) is 12.4. The third-order valence-electron chi connectivity index (χ3n) is 3.27. The molecule has 23 heavy (non-hydrogen) atoms. The number of carbonyl (C=O) groups is 1. The molecule has 1 N–H and O–H groups in total. The third kappa shape index (κ3) is 3.34. The second kappa shape index (κ2) is 6.27. The van der Waals surface area contributed by atoms with Crippen LogP contribution in [0.15, 0.2) is 58.3 Å². The highest BCUT2D eigenvalue weighted by atomic mass is 16.5. The molecule has 116 valence electrons. The quantitative estimate of drug-likeness (QED) is 0.794. The summed E-state index contributed by atoms with van der Waals surface area (Å²) < 4.78 is 5.97. The number of anilines is 1. The number of rotatable bonds is 4. The predicted molar refractivity (Wildman–Crippen MR) is 83.8 cm³/mol. The van der Waals surface area contributed by atoms with Gasteiger partial charge >= 0.3 is 0 Å². The van der Waals surface area contributed by atoms with Gasteiger partial charge in [0, 0.05) is 17.2 Å². The van der Waals surface area contributed by atoms with E-state index in [1.807, 2.05) is 30.3 Å². The number of nitrogens with zero attached hydrogens (tertiary/aromatic N) is 3. The van der Waals surface area contributed by atoms with Crippen LogP contribution >= 0.6 is 0 Å². The van der Waals surface area contributed by atoms with Crippen molar-refractivity contribution in [1.82, 2.24) is 14.7 Å². The summed E-state index contributed by atoms with van der Waals surface area (Å²) in [6.45, 7) is 1.61. The van der Waals surface area contributed by atoms with E-state index in [-0.39, 0.29) is 18.0 Å². The summed E-state index contributed by atoms with van der Waals surface area (Å²) >= 11 is 0. The minimum absolute atomic E-state index is 0.146. The first-order chi connectivity index (χ1) is 11.1. The molecule has 1 amide bonds. The van der Waals surface area contributed by atoms with Crippen LogP contribution in [0.5, 0.6) is 0 Å². The molecule has 0 saturated heterocycles. The summed E-state index contributed by atoms with van der Waals surface area (Å²) in [4.78, 5) is 28.3. The van der Waals surface area contributed by atoms with Gasteiger partial charge in [-0.05, 0) is 6.92 Å². The van der Waals surface area contributed by atoms with Crippen molar-refractivity contribution < 1.29 is 9.32 Å². The van der Waals surface area contributed by atoms with Crippen LogP contribution in [0.4, 0.5) is 5.82 Å². The van der Waals surface area contributed by atoms with Crippen LogP contribution in [0.25, 0.3) is 11.3 Å². The van der Waals surface area contributed by atoms with E-state index in [4.69, 9.17) is 4.52 Å². The van der Waals surface area contributed by atoms with E-state index in [9.17, 15) is 9.59 Å². The average Bonchev–Trinajstić information content (AvgIpc) is 2.95. The molecule has 2 aromatic heterocycles. The van der Waals surface area contributed by atoms with E-state index in [0.717, 1.165) is 5.56 Å². The number of hydrogen-bond donors (Lipinski definition) is 1. The van der Waals surface area contributed by atoms with Crippen molar-refractivity contribution in [2.24, 2.45) is 0 Å². The molecule has 0 fully saturated rings. The standard InChI is InChI=1S/C16H14N4O3/c1-11-9-23-19-16(11)18-14(21)8-20-10-17-13(7-15(20)22)12-5-3-2-4-6-12/h2-7,9-10H,8H2,1H3,(H,18,19,21). The Labute approximate surface area is 131 Å². The van der Waals surface area contributed by atoms with Gasteiger partial charge in [0.05, 0.1) is 12.0 Å². The van der Waals surface area contributed by atoms with E-state index < -0.39 is 0 Å². The molecule has 0 aliphatic carbocycles. The van der Waals surface area contributed by atoms with E-state index in [1.165, 1.54) is 23.2 Å². The molecule has 0 aliphatic rings. The minimum atomic E-state index is -0.377. The minimum Gasteiger partial charge on any atom is -0.362 e. The Bertz CT molecular complexity index is 884. The second-order valence-electron chi connectivity index (χ2n) is 5.00. The summed E-state index contributed by atoms with van der Waals surface area (Å²) in [5, 5.41) is 6.24. The molecule has 0 saturated carbocycles. The number of benzene rings is 1. The molecule has 0 radical (unpaired) electrons. The average molecular weight is 310 g/mol. The van der Waals surface area contributed by atoms with Gasteiger partial charge in [0.2, 0.25) is 5.91 Å². The number of amides is 1. The molecule has 0 spiro atoms. The van der Waals surface area contributed by atoms with Crippen LogP contribution in [0, 0.1) is 6.92 Å². The van der Waals surface area contributed by atoms with Gasteiger partial charge < -0.3 is 9.84 Å². The topological polar surface area (TPSA) is 90.0 Å². The Morgan fingerprint density at radius 2 is 2.09 bits per heavy atom. The van der Waals surface area contributed by atoms with Gasteiger partial charge in [-0.1, -0.05) is 35.5 Å². The van der Waals surface area contributed by atoms with Crippen LogP contribution in [-0.2, 0) is 11.3 Å². The third-order valence-corrected chi connectivity index (χ3v) is 3.27. The van der Waals surface area contributed by atoms with Gasteiger partial charge in [-0.2, -0.15) is 0 Å². The predicted octanol–water partition coefficient (Wildman–Crippen LogP) is 1.85. The Hall–Kier alpha value is -3.22. The van der Waals surface area contributed by atoms with Crippen molar-refractivity contribution in [2.45, 2.75) is 13.5 Å². The largest absolute Gasteiger partial charge is 0.362 e. The Kier molecular flexibility index (Phi) is 4.01. The molecule has 3 rings (SSSR count). The van der Waals surface area contributed by atoms with E-state index in [2.05, 4.69) is 15.5 Å². The number of nitrogens with one attached hydrogen (secondary N) is 1. The second-order valence-corrected chi connectivity index (χ2v) is 5.00. The molecule has 7 nitrogen and oxygen atoms in total. The van der Waals surface area contributed by atoms with Crippen LogP contribution < -0.4 is 10.9 Å². The first-order valence-electron chi connectivity index (χ1n) is 6.96. The van der Waals surface area contributed by atoms with Gasteiger partial charge in [0.1, 0.15) is 12.8 Å². The summed E-state index contributed by atoms with van der Waals surface area (Å²) in [7, 11) is 0. The maximum atomic E-state index is 12.1. The van der Waals surface area contributed by atoms with Gasteiger partial charge in [0.15, 0.2) is 5.82 Å². The summed E-state index contributed by atoms with van der Waals surface area (Å²) in [6, 6.07) is 10.8. The lowest BCUT2D eigenvalue weighted by molar-refractivity contribution is -0.116. The van der Waals surface area contributed by atoms with Crippen LogP contribution in [0.1, 0.15) is 5.56 Å². The summed E-state index contributed by atoms with van der Waals surface area (Å²) in [5.41, 5.74) is 1.83. The number of hydrogen-bond acceptors (Lipinski definition) is 5. The Morgan fingerprint density at radius 1 is 1.30 bits per heavy atom. The summed E-state index contributed by atoms with van der Waals surface area (Å²) in [5.74, 6) is -0.0322. The lowest BCUT2D eigenvalue weighted by atomic mass is 10.1. The molecule has 0 atom stereocenters. The highest BCUT2D eigenvalue weighted by Crippen LogP contribution is 2.13. The van der Waals surface area contributed by atoms with Crippen molar-refractivity contribution in [3.63, 3.8) is 0 Å². The number of carbonyl (C=O) groups excluding carboxylic acids is 1. The lowest BCUT2D eigenvalue weighted by Gasteiger charge is -2.06. The fourth-order valence-electron chi connectivity index (χ4n) is 2.05. The van der Waals surface area contributed by atoms with Gasteiger partial charge in [-0.3, -0.25) is 14.2 Å². The highest BCUT2D eigenvalue weighted by molar-refractivity contribution is 5.90. The molecular weight excluding hydrogens is 296 g/mol. The Balaban J connectivity index is 1.75. The van der Waals surface area contributed by atoms with E-state index >= 15 is 0 Å². The SMILES string of the molecule is Cc1conc1NC(=O)Cn1cnc(-c2ccccc2)cc1=O. The Morgan fingerprint density at radius 3 is 2.74 bits per heavy atom. The number of aromatic nitrogens is 3.